The molecule has 2 aromatic carbocycles. The molecule has 0 aliphatic heterocycles. The lowest BCUT2D eigenvalue weighted by Crippen LogP contribution is -2.10. The number of carboxylic acids is 1. The first-order chi connectivity index (χ1) is 15.5. The highest BCUT2D eigenvalue weighted by Crippen LogP contribution is 2.35. The number of hydrogen-bond acceptors (Lipinski definition) is 5. The van der Waals surface area contributed by atoms with E-state index in [0.717, 1.165) is 28.3 Å². The minimum Gasteiger partial charge on any atom is -0.493 e. The molecule has 0 radical (unpaired) electrons. The van der Waals surface area contributed by atoms with Gasteiger partial charge >= 0.3 is 12.1 Å². The Morgan fingerprint density at radius 3 is 2.39 bits per heavy atom. The normalized spacial score (nSPS) is 11.6. The van der Waals surface area contributed by atoms with E-state index in [4.69, 9.17) is 14.6 Å². The van der Waals surface area contributed by atoms with Crippen LogP contribution in [0.4, 0.5) is 13.2 Å². The molecule has 33 heavy (non-hydrogen) atoms. The van der Waals surface area contributed by atoms with Crippen molar-refractivity contribution in [3.63, 3.8) is 0 Å². The maximum Gasteiger partial charge on any atom is 0.416 e. The van der Waals surface area contributed by atoms with Gasteiger partial charge in [0.15, 0.2) is 6.61 Å². The SMILES string of the molecule is Cc1cc(OCCc2sc(-c3ccc(C(F)(F)F)cc3)nc2C(C)C)ccc1OCC(=O)O. The Kier molecular flexibility index (Phi) is 7.63. The highest BCUT2D eigenvalue weighted by Gasteiger charge is 2.30. The summed E-state index contributed by atoms with van der Waals surface area (Å²) in [5, 5.41) is 9.40. The molecule has 176 valence electrons. The van der Waals surface area contributed by atoms with Crippen molar-refractivity contribution in [3.8, 4) is 22.1 Å². The van der Waals surface area contributed by atoms with Gasteiger partial charge in [0.05, 0.1) is 17.9 Å². The fourth-order valence-corrected chi connectivity index (χ4v) is 4.40. The number of aromatic nitrogens is 1. The zero-order chi connectivity index (χ0) is 24.2. The Hall–Kier alpha value is -3.07. The quantitative estimate of drug-likeness (QED) is 0.388. The molecule has 1 N–H and O–H groups in total. The second-order valence-corrected chi connectivity index (χ2v) is 8.85. The molecule has 3 rings (SSSR count). The third kappa shape index (κ3) is 6.47. The van der Waals surface area contributed by atoms with Crippen molar-refractivity contribution >= 4 is 17.3 Å². The molecule has 5 nitrogen and oxygen atoms in total. The Morgan fingerprint density at radius 2 is 1.82 bits per heavy atom. The number of ether oxygens (including phenoxy) is 2. The molecule has 0 saturated carbocycles. The topological polar surface area (TPSA) is 68.7 Å². The highest BCUT2D eigenvalue weighted by atomic mass is 32.1. The lowest BCUT2D eigenvalue weighted by molar-refractivity contribution is -0.139. The van der Waals surface area contributed by atoms with E-state index in [1.807, 2.05) is 13.8 Å². The van der Waals surface area contributed by atoms with Gasteiger partial charge in [0, 0.05) is 16.9 Å². The largest absolute Gasteiger partial charge is 0.493 e. The average molecular weight is 480 g/mol. The number of benzene rings is 2. The zero-order valence-corrected chi connectivity index (χ0v) is 19.2. The number of aryl methyl sites for hydroxylation is 1. The average Bonchev–Trinajstić information content (AvgIpc) is 3.17. The summed E-state index contributed by atoms with van der Waals surface area (Å²) in [6.45, 7) is 5.83. The van der Waals surface area contributed by atoms with Crippen LogP contribution < -0.4 is 9.47 Å². The van der Waals surface area contributed by atoms with Gasteiger partial charge in [0.2, 0.25) is 0 Å². The summed E-state index contributed by atoms with van der Waals surface area (Å²) in [4.78, 5) is 16.4. The number of nitrogens with zero attached hydrogens (tertiary/aromatic N) is 1. The molecule has 0 spiro atoms. The second kappa shape index (κ2) is 10.2. The van der Waals surface area contributed by atoms with Crippen molar-refractivity contribution in [2.75, 3.05) is 13.2 Å². The van der Waals surface area contributed by atoms with Gasteiger partial charge in [-0.2, -0.15) is 13.2 Å². The molecular weight excluding hydrogens is 455 g/mol. The molecule has 0 unspecified atom stereocenters. The number of hydrogen-bond donors (Lipinski definition) is 1. The number of carbonyl (C=O) groups is 1. The summed E-state index contributed by atoms with van der Waals surface area (Å²) in [6, 6.07) is 10.2. The summed E-state index contributed by atoms with van der Waals surface area (Å²) in [7, 11) is 0. The van der Waals surface area contributed by atoms with E-state index in [1.165, 1.54) is 23.5 Å². The number of halogens is 3. The minimum absolute atomic E-state index is 0.160. The van der Waals surface area contributed by atoms with Crippen LogP contribution in [0.5, 0.6) is 11.5 Å². The molecular formula is C24H24F3NO4S. The number of carboxylic acid groups (broad SMARTS) is 1. The number of aliphatic carboxylic acids is 1. The first-order valence-electron chi connectivity index (χ1n) is 10.3. The van der Waals surface area contributed by atoms with Crippen LogP contribution in [0.2, 0.25) is 0 Å². The predicted octanol–water partition coefficient (Wildman–Crippen LogP) is 6.35. The molecule has 3 aromatic rings. The Bertz CT molecular complexity index is 1110. The molecule has 0 amide bonds. The molecule has 1 aromatic heterocycles. The van der Waals surface area contributed by atoms with Crippen molar-refractivity contribution in [3.05, 3.63) is 64.2 Å². The maximum atomic E-state index is 12.8. The van der Waals surface area contributed by atoms with E-state index in [1.54, 1.807) is 25.1 Å². The van der Waals surface area contributed by atoms with Gasteiger partial charge in [-0.05, 0) is 48.7 Å². The van der Waals surface area contributed by atoms with Crippen molar-refractivity contribution in [1.82, 2.24) is 4.98 Å². The van der Waals surface area contributed by atoms with Crippen LogP contribution in [0.3, 0.4) is 0 Å². The highest BCUT2D eigenvalue weighted by molar-refractivity contribution is 7.15. The van der Waals surface area contributed by atoms with Gasteiger partial charge in [0.25, 0.3) is 0 Å². The molecule has 0 fully saturated rings. The lowest BCUT2D eigenvalue weighted by Gasteiger charge is -2.11. The lowest BCUT2D eigenvalue weighted by atomic mass is 10.1. The van der Waals surface area contributed by atoms with Crippen molar-refractivity contribution in [2.24, 2.45) is 0 Å². The summed E-state index contributed by atoms with van der Waals surface area (Å²) >= 11 is 1.46. The molecule has 0 atom stereocenters. The summed E-state index contributed by atoms with van der Waals surface area (Å²) in [5.41, 5.74) is 1.64. The van der Waals surface area contributed by atoms with Crippen LogP contribution in [-0.2, 0) is 17.4 Å². The van der Waals surface area contributed by atoms with E-state index in [9.17, 15) is 18.0 Å². The predicted molar refractivity (Wildman–Crippen MR) is 120 cm³/mol. The maximum absolute atomic E-state index is 12.8. The monoisotopic (exact) mass is 479 g/mol. The Morgan fingerprint density at radius 1 is 1.12 bits per heavy atom. The van der Waals surface area contributed by atoms with Gasteiger partial charge in [-0.1, -0.05) is 26.0 Å². The van der Waals surface area contributed by atoms with Crippen LogP contribution in [0.1, 0.15) is 41.5 Å². The Labute approximate surface area is 193 Å². The molecule has 0 aliphatic rings. The van der Waals surface area contributed by atoms with E-state index in [0.29, 0.717) is 35.1 Å². The summed E-state index contributed by atoms with van der Waals surface area (Å²) in [6.07, 6.45) is -3.77. The fourth-order valence-electron chi connectivity index (χ4n) is 3.19. The van der Waals surface area contributed by atoms with E-state index >= 15 is 0 Å². The molecule has 9 heteroatoms. The molecule has 0 saturated heterocycles. The standard InChI is InChI=1S/C24H24F3NO4S/c1-14(2)22-20(33-23(28-22)16-4-6-17(7-5-16)24(25,26)27)10-11-31-18-8-9-19(15(3)12-18)32-13-21(29)30/h4-9,12,14H,10-11,13H2,1-3H3,(H,29,30). The van der Waals surface area contributed by atoms with Gasteiger partial charge in [-0.15, -0.1) is 11.3 Å². The third-order valence-electron chi connectivity index (χ3n) is 4.83. The number of rotatable bonds is 9. The smallest absolute Gasteiger partial charge is 0.416 e. The second-order valence-electron chi connectivity index (χ2n) is 7.77. The Balaban J connectivity index is 1.68. The van der Waals surface area contributed by atoms with Crippen LogP contribution in [0, 0.1) is 6.92 Å². The van der Waals surface area contributed by atoms with Crippen LogP contribution >= 0.6 is 11.3 Å². The van der Waals surface area contributed by atoms with Gasteiger partial charge in [-0.25, -0.2) is 9.78 Å². The number of thiazole rings is 1. The zero-order valence-electron chi connectivity index (χ0n) is 18.4. The molecule has 0 bridgehead atoms. The third-order valence-corrected chi connectivity index (χ3v) is 6.01. The molecule has 0 aliphatic carbocycles. The first-order valence-corrected chi connectivity index (χ1v) is 11.1. The van der Waals surface area contributed by atoms with E-state index in [-0.39, 0.29) is 5.92 Å². The number of alkyl halides is 3. The van der Waals surface area contributed by atoms with Crippen LogP contribution in [0.25, 0.3) is 10.6 Å². The summed E-state index contributed by atoms with van der Waals surface area (Å²) in [5.74, 6) is 0.229. The summed E-state index contributed by atoms with van der Waals surface area (Å²) < 4.78 is 49.6. The van der Waals surface area contributed by atoms with Crippen molar-refractivity contribution < 1.29 is 32.5 Å². The van der Waals surface area contributed by atoms with Gasteiger partial charge < -0.3 is 14.6 Å². The first kappa shape index (κ1) is 24.6. The van der Waals surface area contributed by atoms with Crippen molar-refractivity contribution in [1.29, 1.82) is 0 Å². The van der Waals surface area contributed by atoms with Gasteiger partial charge in [0.1, 0.15) is 16.5 Å². The fraction of sp³-hybridized carbons (Fsp3) is 0.333. The van der Waals surface area contributed by atoms with Gasteiger partial charge in [-0.3, -0.25) is 0 Å². The van der Waals surface area contributed by atoms with E-state index in [2.05, 4.69) is 4.98 Å². The van der Waals surface area contributed by atoms with Crippen LogP contribution in [-0.4, -0.2) is 29.3 Å². The van der Waals surface area contributed by atoms with Crippen LogP contribution in [0.15, 0.2) is 42.5 Å². The minimum atomic E-state index is -4.37. The molecule has 1 heterocycles. The van der Waals surface area contributed by atoms with Crippen molar-refractivity contribution in [2.45, 2.75) is 39.3 Å². The van der Waals surface area contributed by atoms with E-state index < -0.39 is 24.3 Å².